The second-order valence-corrected chi connectivity index (χ2v) is 7.53. The van der Waals surface area contributed by atoms with Crippen molar-refractivity contribution < 1.29 is 24.0 Å². The summed E-state index contributed by atoms with van der Waals surface area (Å²) < 4.78 is 11.1. The Morgan fingerprint density at radius 3 is 2.34 bits per heavy atom. The smallest absolute Gasteiger partial charge is 0.270 e. The lowest BCUT2D eigenvalue weighted by atomic mass is 10.1. The van der Waals surface area contributed by atoms with Crippen LogP contribution in [0.3, 0.4) is 0 Å². The number of ether oxygens (including phenoxy) is 2. The summed E-state index contributed by atoms with van der Waals surface area (Å²) in [5, 5.41) is 13.5. The highest BCUT2D eigenvalue weighted by molar-refractivity contribution is 6.05. The summed E-state index contributed by atoms with van der Waals surface area (Å²) in [5.74, 6) is -0.358. The van der Waals surface area contributed by atoms with E-state index in [1.165, 1.54) is 31.4 Å². The lowest BCUT2D eigenvalue weighted by Crippen LogP contribution is -2.50. The summed E-state index contributed by atoms with van der Waals surface area (Å²) >= 11 is 0. The highest BCUT2D eigenvalue weighted by atomic mass is 16.6. The number of carbonyl (C=O) groups is 2. The number of benzene rings is 2. The summed E-state index contributed by atoms with van der Waals surface area (Å²) in [7, 11) is 1.52. The van der Waals surface area contributed by atoms with E-state index in [4.69, 9.17) is 9.47 Å². The Labute approximate surface area is 185 Å². The Kier molecular flexibility index (Phi) is 7.21. The van der Waals surface area contributed by atoms with Crippen LogP contribution in [-0.4, -0.2) is 54.0 Å². The number of nitrogens with one attached hydrogen (secondary N) is 1. The molecule has 2 amide bonds. The van der Waals surface area contributed by atoms with Crippen molar-refractivity contribution in [1.29, 1.82) is 0 Å². The second-order valence-electron chi connectivity index (χ2n) is 7.53. The quantitative estimate of drug-likeness (QED) is 0.421. The standard InChI is InChI=1S/C23H25N3O6/c1-15-13-25(14-16(2)32-15)23(28)20(12-18-6-4-5-7-21(18)31-3)24-22(27)17-8-10-19(11-9-17)26(29)30/h4-12,15-16H,13-14H2,1-3H3,(H,24,27). The van der Waals surface area contributed by atoms with Crippen LogP contribution in [0.25, 0.3) is 6.08 Å². The van der Waals surface area contributed by atoms with Crippen LogP contribution in [0.2, 0.25) is 0 Å². The van der Waals surface area contributed by atoms with Crippen molar-refractivity contribution in [1.82, 2.24) is 10.2 Å². The van der Waals surface area contributed by atoms with Gasteiger partial charge in [0.2, 0.25) is 0 Å². The third-order valence-electron chi connectivity index (χ3n) is 4.96. The van der Waals surface area contributed by atoms with Gasteiger partial charge in [-0.05, 0) is 38.1 Å². The molecule has 1 aliphatic heterocycles. The number of amides is 2. The zero-order chi connectivity index (χ0) is 23.3. The zero-order valence-electron chi connectivity index (χ0n) is 18.1. The first-order valence-corrected chi connectivity index (χ1v) is 10.1. The van der Waals surface area contributed by atoms with E-state index in [0.29, 0.717) is 24.4 Å². The fourth-order valence-corrected chi connectivity index (χ4v) is 3.54. The Balaban J connectivity index is 1.92. The van der Waals surface area contributed by atoms with E-state index in [1.807, 2.05) is 13.8 Å². The van der Waals surface area contributed by atoms with Crippen LogP contribution in [-0.2, 0) is 9.53 Å². The number of methoxy groups -OCH3 is 1. The molecule has 168 valence electrons. The molecule has 0 aliphatic carbocycles. The van der Waals surface area contributed by atoms with Crippen molar-refractivity contribution in [3.8, 4) is 5.75 Å². The normalized spacial score (nSPS) is 18.7. The number of nitro groups is 1. The number of hydrogen-bond donors (Lipinski definition) is 1. The maximum Gasteiger partial charge on any atom is 0.270 e. The third-order valence-corrected chi connectivity index (χ3v) is 4.96. The first-order chi connectivity index (χ1) is 15.3. The molecule has 0 aromatic heterocycles. The number of carbonyl (C=O) groups excluding carboxylic acids is 2. The van der Waals surface area contributed by atoms with E-state index < -0.39 is 10.8 Å². The molecule has 9 heteroatoms. The van der Waals surface area contributed by atoms with E-state index in [9.17, 15) is 19.7 Å². The Morgan fingerprint density at radius 1 is 1.12 bits per heavy atom. The molecule has 2 aromatic carbocycles. The minimum Gasteiger partial charge on any atom is -0.496 e. The SMILES string of the molecule is COc1ccccc1C=C(NC(=O)c1ccc([N+](=O)[O-])cc1)C(=O)N1CC(C)OC(C)C1. The molecule has 1 saturated heterocycles. The molecule has 1 heterocycles. The second kappa shape index (κ2) is 10.1. The van der Waals surface area contributed by atoms with Crippen LogP contribution in [0.15, 0.2) is 54.2 Å². The molecule has 32 heavy (non-hydrogen) atoms. The Hall–Kier alpha value is -3.72. The van der Waals surface area contributed by atoms with Crippen molar-refractivity contribution in [3.05, 3.63) is 75.5 Å². The van der Waals surface area contributed by atoms with Gasteiger partial charge in [0.1, 0.15) is 11.4 Å². The van der Waals surface area contributed by atoms with E-state index in [2.05, 4.69) is 5.32 Å². The van der Waals surface area contributed by atoms with Gasteiger partial charge in [-0.3, -0.25) is 19.7 Å². The first kappa shape index (κ1) is 23.0. The molecule has 9 nitrogen and oxygen atoms in total. The molecule has 3 rings (SSSR count). The lowest BCUT2D eigenvalue weighted by Gasteiger charge is -2.35. The molecule has 1 N–H and O–H groups in total. The molecule has 0 bridgehead atoms. The van der Waals surface area contributed by atoms with Crippen LogP contribution in [0, 0.1) is 10.1 Å². The van der Waals surface area contributed by atoms with Crippen molar-refractivity contribution in [3.63, 3.8) is 0 Å². The van der Waals surface area contributed by atoms with Gasteiger partial charge in [0.05, 0.1) is 24.2 Å². The number of hydrogen-bond acceptors (Lipinski definition) is 6. The minimum absolute atomic E-state index is 0.0687. The van der Waals surface area contributed by atoms with Crippen LogP contribution in [0.5, 0.6) is 5.75 Å². The number of morpholine rings is 1. The van der Waals surface area contributed by atoms with E-state index in [1.54, 1.807) is 35.2 Å². The van der Waals surface area contributed by atoms with Gasteiger partial charge in [0, 0.05) is 36.3 Å². The maximum atomic E-state index is 13.4. The van der Waals surface area contributed by atoms with Gasteiger partial charge in [0.15, 0.2) is 0 Å². The summed E-state index contributed by atoms with van der Waals surface area (Å²) in [5.41, 5.74) is 0.757. The van der Waals surface area contributed by atoms with Gasteiger partial charge >= 0.3 is 0 Å². The fourth-order valence-electron chi connectivity index (χ4n) is 3.54. The van der Waals surface area contributed by atoms with Gasteiger partial charge < -0.3 is 19.7 Å². The molecule has 2 unspecified atom stereocenters. The van der Waals surface area contributed by atoms with Crippen molar-refractivity contribution in [2.45, 2.75) is 26.1 Å². The number of para-hydroxylation sites is 1. The van der Waals surface area contributed by atoms with Crippen LogP contribution >= 0.6 is 0 Å². The molecule has 0 radical (unpaired) electrons. The summed E-state index contributed by atoms with van der Waals surface area (Å²) in [4.78, 5) is 38.2. The maximum absolute atomic E-state index is 13.4. The first-order valence-electron chi connectivity index (χ1n) is 10.1. The monoisotopic (exact) mass is 439 g/mol. The predicted molar refractivity (Wildman–Crippen MR) is 118 cm³/mol. The molecule has 0 saturated carbocycles. The van der Waals surface area contributed by atoms with Crippen molar-refractivity contribution >= 4 is 23.6 Å². The van der Waals surface area contributed by atoms with E-state index >= 15 is 0 Å². The van der Waals surface area contributed by atoms with E-state index in [-0.39, 0.29) is 35.1 Å². The zero-order valence-corrected chi connectivity index (χ0v) is 18.1. The topological polar surface area (TPSA) is 111 Å². The summed E-state index contributed by atoms with van der Waals surface area (Å²) in [6.45, 7) is 4.55. The molecule has 2 atom stereocenters. The number of rotatable bonds is 6. The summed E-state index contributed by atoms with van der Waals surface area (Å²) in [6, 6.07) is 12.3. The van der Waals surface area contributed by atoms with Crippen LogP contribution in [0.1, 0.15) is 29.8 Å². The van der Waals surface area contributed by atoms with Gasteiger partial charge in [0.25, 0.3) is 17.5 Å². The Morgan fingerprint density at radius 2 is 1.75 bits per heavy atom. The molecular weight excluding hydrogens is 414 g/mol. The van der Waals surface area contributed by atoms with Gasteiger partial charge in [-0.2, -0.15) is 0 Å². The molecular formula is C23H25N3O6. The van der Waals surface area contributed by atoms with Crippen molar-refractivity contribution in [2.75, 3.05) is 20.2 Å². The van der Waals surface area contributed by atoms with E-state index in [0.717, 1.165) is 0 Å². The Bertz CT molecular complexity index is 1020. The van der Waals surface area contributed by atoms with Gasteiger partial charge in [-0.25, -0.2) is 0 Å². The third kappa shape index (κ3) is 5.50. The van der Waals surface area contributed by atoms with Gasteiger partial charge in [-0.15, -0.1) is 0 Å². The highest BCUT2D eigenvalue weighted by Gasteiger charge is 2.29. The summed E-state index contributed by atoms with van der Waals surface area (Å²) in [6.07, 6.45) is 1.29. The number of nitro benzene ring substituents is 1. The van der Waals surface area contributed by atoms with Crippen LogP contribution in [0.4, 0.5) is 5.69 Å². The van der Waals surface area contributed by atoms with Crippen LogP contribution < -0.4 is 10.1 Å². The highest BCUT2D eigenvalue weighted by Crippen LogP contribution is 2.22. The molecule has 1 aliphatic rings. The predicted octanol–water partition coefficient (Wildman–Crippen LogP) is 3.01. The molecule has 0 spiro atoms. The largest absolute Gasteiger partial charge is 0.496 e. The molecule has 1 fully saturated rings. The number of nitrogens with zero attached hydrogens (tertiary/aromatic N) is 2. The minimum atomic E-state index is -0.552. The number of non-ortho nitro benzene ring substituents is 1. The average Bonchev–Trinajstić information content (AvgIpc) is 2.77. The van der Waals surface area contributed by atoms with Gasteiger partial charge in [-0.1, -0.05) is 18.2 Å². The average molecular weight is 439 g/mol. The lowest BCUT2D eigenvalue weighted by molar-refractivity contribution is -0.384. The van der Waals surface area contributed by atoms with Crippen molar-refractivity contribution in [2.24, 2.45) is 0 Å². The fraction of sp³-hybridized carbons (Fsp3) is 0.304. The molecule has 2 aromatic rings.